The monoisotopic (exact) mass is 396 g/mol. The molecule has 0 bridgehead atoms. The minimum atomic E-state index is -1.01. The number of hydrogen-bond donors (Lipinski definition) is 1. The first-order valence-corrected chi connectivity index (χ1v) is 9.05. The van der Waals surface area contributed by atoms with Gasteiger partial charge < -0.3 is 14.6 Å². The van der Waals surface area contributed by atoms with Crippen LogP contribution in [0.15, 0.2) is 54.7 Å². The fourth-order valence-electron chi connectivity index (χ4n) is 2.87. The first-order valence-electron chi connectivity index (χ1n) is 9.05. The van der Waals surface area contributed by atoms with Gasteiger partial charge in [-0.3, -0.25) is 15.1 Å². The van der Waals surface area contributed by atoms with E-state index >= 15 is 0 Å². The second-order valence-electron chi connectivity index (χ2n) is 6.40. The molecule has 0 aliphatic carbocycles. The summed E-state index contributed by atoms with van der Waals surface area (Å²) < 4.78 is 11.0. The van der Waals surface area contributed by atoms with E-state index in [9.17, 15) is 20.0 Å². The molecule has 1 heterocycles. The molecule has 0 aliphatic heterocycles. The Kier molecular flexibility index (Phi) is 6.36. The van der Waals surface area contributed by atoms with Crippen molar-refractivity contribution in [2.75, 3.05) is 6.61 Å². The van der Waals surface area contributed by atoms with Gasteiger partial charge in [-0.15, -0.1) is 0 Å². The molecule has 0 spiro atoms. The van der Waals surface area contributed by atoms with Crippen LogP contribution in [0, 0.1) is 10.1 Å². The molecular weight excluding hydrogens is 376 g/mol. The lowest BCUT2D eigenvalue weighted by molar-refractivity contribution is -0.384. The van der Waals surface area contributed by atoms with Gasteiger partial charge in [0.15, 0.2) is 6.10 Å². The van der Waals surface area contributed by atoms with Gasteiger partial charge in [-0.05, 0) is 54.4 Å². The van der Waals surface area contributed by atoms with Crippen LogP contribution in [-0.2, 0) is 22.6 Å². The highest BCUT2D eigenvalue weighted by Gasteiger charge is 2.18. The number of fused-ring (bicyclic) bond motifs is 1. The number of nitro benzene ring substituents is 1. The van der Waals surface area contributed by atoms with Gasteiger partial charge in [0.2, 0.25) is 0 Å². The SMILES string of the molecule is CCOC(Cc1cnc2ccc(OCc3ccc([N+](=O)[O-])cc3)cc2c1)C(=O)O. The number of hydrogen-bond acceptors (Lipinski definition) is 6. The van der Waals surface area contributed by atoms with Crippen molar-refractivity contribution in [3.05, 3.63) is 76.0 Å². The van der Waals surface area contributed by atoms with Gasteiger partial charge >= 0.3 is 5.97 Å². The van der Waals surface area contributed by atoms with E-state index in [2.05, 4.69) is 4.98 Å². The lowest BCUT2D eigenvalue weighted by atomic mass is 10.1. The molecule has 0 fully saturated rings. The number of carbonyl (C=O) groups is 1. The second-order valence-corrected chi connectivity index (χ2v) is 6.40. The van der Waals surface area contributed by atoms with Gasteiger partial charge in [0, 0.05) is 36.7 Å². The van der Waals surface area contributed by atoms with Crippen LogP contribution < -0.4 is 4.74 Å². The lowest BCUT2D eigenvalue weighted by Gasteiger charge is -2.13. The average molecular weight is 396 g/mol. The summed E-state index contributed by atoms with van der Waals surface area (Å²) >= 11 is 0. The second kappa shape index (κ2) is 9.11. The molecule has 1 aromatic heterocycles. The Hall–Kier alpha value is -3.52. The fourth-order valence-corrected chi connectivity index (χ4v) is 2.87. The highest BCUT2D eigenvalue weighted by Crippen LogP contribution is 2.22. The number of carboxylic acid groups (broad SMARTS) is 1. The molecule has 3 rings (SSSR count). The number of non-ortho nitro benzene ring substituents is 1. The summed E-state index contributed by atoms with van der Waals surface area (Å²) in [4.78, 5) is 25.9. The van der Waals surface area contributed by atoms with Gasteiger partial charge in [-0.2, -0.15) is 0 Å². The van der Waals surface area contributed by atoms with Crippen molar-refractivity contribution in [2.45, 2.75) is 26.1 Å². The first kappa shape index (κ1) is 20.2. The molecule has 150 valence electrons. The van der Waals surface area contributed by atoms with Crippen LogP contribution in [0.3, 0.4) is 0 Å². The summed E-state index contributed by atoms with van der Waals surface area (Å²) in [6, 6.07) is 13.5. The van der Waals surface area contributed by atoms with Crippen molar-refractivity contribution in [1.82, 2.24) is 4.98 Å². The lowest BCUT2D eigenvalue weighted by Crippen LogP contribution is -2.26. The molecule has 1 atom stereocenters. The van der Waals surface area contributed by atoms with Crippen LogP contribution in [-0.4, -0.2) is 33.7 Å². The van der Waals surface area contributed by atoms with E-state index in [0.29, 0.717) is 12.4 Å². The first-order chi connectivity index (χ1) is 14.0. The van der Waals surface area contributed by atoms with E-state index in [-0.39, 0.29) is 18.7 Å². The van der Waals surface area contributed by atoms with Gasteiger partial charge in [0.05, 0.1) is 10.4 Å². The van der Waals surface area contributed by atoms with Crippen LogP contribution >= 0.6 is 0 Å². The molecule has 8 nitrogen and oxygen atoms in total. The molecule has 3 aromatic rings. The van der Waals surface area contributed by atoms with E-state index in [1.807, 2.05) is 18.2 Å². The summed E-state index contributed by atoms with van der Waals surface area (Å²) in [6.07, 6.45) is 0.954. The number of nitrogens with zero attached hydrogens (tertiary/aromatic N) is 2. The van der Waals surface area contributed by atoms with E-state index in [4.69, 9.17) is 9.47 Å². The third-order valence-corrected chi connectivity index (χ3v) is 4.33. The standard InChI is InChI=1S/C21H20N2O6/c1-2-28-20(21(24)25)10-15-9-16-11-18(7-8-19(16)22-12-15)29-13-14-3-5-17(6-4-14)23(26)27/h3-9,11-12,20H,2,10,13H2,1H3,(H,24,25). The zero-order valence-electron chi connectivity index (χ0n) is 15.8. The Morgan fingerprint density at radius 1 is 1.17 bits per heavy atom. The number of benzene rings is 2. The molecule has 1 N–H and O–H groups in total. The topological polar surface area (TPSA) is 112 Å². The maximum absolute atomic E-state index is 11.3. The maximum Gasteiger partial charge on any atom is 0.333 e. The number of carboxylic acids is 1. The van der Waals surface area contributed by atoms with E-state index < -0.39 is 17.0 Å². The summed E-state index contributed by atoms with van der Waals surface area (Å²) in [5, 5.41) is 20.8. The van der Waals surface area contributed by atoms with Gasteiger partial charge in [0.25, 0.3) is 5.69 Å². The number of pyridine rings is 1. The minimum Gasteiger partial charge on any atom is -0.489 e. The largest absolute Gasteiger partial charge is 0.489 e. The van der Waals surface area contributed by atoms with Crippen LogP contribution in [0.5, 0.6) is 5.75 Å². The number of ether oxygens (including phenoxy) is 2. The van der Waals surface area contributed by atoms with Gasteiger partial charge in [0.1, 0.15) is 12.4 Å². The van der Waals surface area contributed by atoms with Crippen molar-refractivity contribution in [3.63, 3.8) is 0 Å². The molecule has 2 aromatic carbocycles. The molecule has 0 aliphatic rings. The summed E-state index contributed by atoms with van der Waals surface area (Å²) in [6.45, 7) is 2.34. The predicted molar refractivity (Wildman–Crippen MR) is 106 cm³/mol. The quantitative estimate of drug-likeness (QED) is 0.433. The minimum absolute atomic E-state index is 0.0322. The Balaban J connectivity index is 1.72. The van der Waals surface area contributed by atoms with Crippen LogP contribution in [0.2, 0.25) is 0 Å². The molecule has 1 unspecified atom stereocenters. The van der Waals surface area contributed by atoms with E-state index in [0.717, 1.165) is 22.0 Å². The molecule has 29 heavy (non-hydrogen) atoms. The highest BCUT2D eigenvalue weighted by atomic mass is 16.6. The normalized spacial score (nSPS) is 11.9. The van der Waals surface area contributed by atoms with Gasteiger partial charge in [-0.25, -0.2) is 4.79 Å². The van der Waals surface area contributed by atoms with Crippen molar-refractivity contribution in [3.8, 4) is 5.75 Å². The van der Waals surface area contributed by atoms with Crippen molar-refractivity contribution < 1.29 is 24.3 Å². The Morgan fingerprint density at radius 2 is 1.93 bits per heavy atom. The number of nitro groups is 1. The Bertz CT molecular complexity index is 1020. The summed E-state index contributed by atoms with van der Waals surface area (Å²) in [5.41, 5.74) is 2.36. The number of aliphatic carboxylic acids is 1. The Labute approximate surface area is 166 Å². The van der Waals surface area contributed by atoms with Gasteiger partial charge in [-0.1, -0.05) is 0 Å². The predicted octanol–water partition coefficient (Wildman–Crippen LogP) is 3.75. The summed E-state index contributed by atoms with van der Waals surface area (Å²) in [5.74, 6) is -0.387. The number of aromatic nitrogens is 1. The zero-order valence-corrected chi connectivity index (χ0v) is 15.8. The average Bonchev–Trinajstić information content (AvgIpc) is 2.71. The molecular formula is C21H20N2O6. The summed E-state index contributed by atoms with van der Waals surface area (Å²) in [7, 11) is 0. The van der Waals surface area contributed by atoms with Crippen molar-refractivity contribution >= 4 is 22.6 Å². The fraction of sp³-hybridized carbons (Fsp3) is 0.238. The van der Waals surface area contributed by atoms with E-state index in [1.165, 1.54) is 12.1 Å². The van der Waals surface area contributed by atoms with Crippen molar-refractivity contribution in [2.24, 2.45) is 0 Å². The Morgan fingerprint density at radius 3 is 2.59 bits per heavy atom. The molecule has 0 saturated heterocycles. The smallest absolute Gasteiger partial charge is 0.333 e. The molecule has 8 heteroatoms. The number of rotatable bonds is 9. The van der Waals surface area contributed by atoms with E-state index in [1.54, 1.807) is 31.3 Å². The highest BCUT2D eigenvalue weighted by molar-refractivity contribution is 5.81. The molecule has 0 saturated carbocycles. The molecule has 0 radical (unpaired) electrons. The third kappa shape index (κ3) is 5.26. The van der Waals surface area contributed by atoms with Crippen LogP contribution in [0.4, 0.5) is 5.69 Å². The third-order valence-electron chi connectivity index (χ3n) is 4.33. The van der Waals surface area contributed by atoms with Crippen LogP contribution in [0.1, 0.15) is 18.1 Å². The van der Waals surface area contributed by atoms with Crippen LogP contribution in [0.25, 0.3) is 10.9 Å². The zero-order chi connectivity index (χ0) is 20.8. The van der Waals surface area contributed by atoms with Crippen molar-refractivity contribution in [1.29, 1.82) is 0 Å². The maximum atomic E-state index is 11.3. The molecule has 0 amide bonds.